The van der Waals surface area contributed by atoms with Gasteiger partial charge in [-0.25, -0.2) is 0 Å². The van der Waals surface area contributed by atoms with E-state index in [1.807, 2.05) is 0 Å². The number of hydrogen-bond donors (Lipinski definition) is 0. The Balaban J connectivity index is 4.03. The smallest absolute Gasteiger partial charge is 0.316 e. The molecule has 0 aromatic carbocycles. The van der Waals surface area contributed by atoms with Gasteiger partial charge in [-0.3, -0.25) is 9.59 Å². The normalized spacial score (nSPS) is 11.8. The molecule has 0 aliphatic heterocycles. The van der Waals surface area contributed by atoms with Gasteiger partial charge < -0.3 is 4.74 Å². The first-order chi connectivity index (χ1) is 5.63. The zero-order chi connectivity index (χ0) is 9.56. The van der Waals surface area contributed by atoms with E-state index in [9.17, 15) is 9.59 Å². The second-order valence-electron chi connectivity index (χ2n) is 2.49. The van der Waals surface area contributed by atoms with Crippen LogP contribution in [0.1, 0.15) is 20.3 Å². The van der Waals surface area contributed by atoms with Gasteiger partial charge in [0.05, 0.1) is 0 Å². The molecular formula is C9H14O3. The number of carbonyl (C=O) groups excluding carboxylic acids is 2. The third kappa shape index (κ3) is 3.32. The van der Waals surface area contributed by atoms with Crippen LogP contribution in [0, 0.1) is 5.92 Å². The molecular weight excluding hydrogens is 156 g/mol. The molecule has 0 amide bonds. The lowest BCUT2D eigenvalue weighted by Gasteiger charge is -2.08. The summed E-state index contributed by atoms with van der Waals surface area (Å²) in [6, 6.07) is 0. The fraction of sp³-hybridized carbons (Fsp3) is 0.556. The highest BCUT2D eigenvalue weighted by Crippen LogP contribution is 2.06. The molecule has 0 heterocycles. The van der Waals surface area contributed by atoms with Crippen LogP contribution >= 0.6 is 0 Å². The molecule has 1 unspecified atom stereocenters. The van der Waals surface area contributed by atoms with Gasteiger partial charge in [-0.05, 0) is 13.3 Å². The van der Waals surface area contributed by atoms with Gasteiger partial charge in [-0.15, -0.1) is 0 Å². The molecule has 0 saturated heterocycles. The zero-order valence-corrected chi connectivity index (χ0v) is 7.50. The molecule has 0 N–H and O–H groups in total. The molecule has 0 aliphatic carbocycles. The van der Waals surface area contributed by atoms with E-state index in [4.69, 9.17) is 4.74 Å². The minimum Gasteiger partial charge on any atom is -0.461 e. The Hall–Kier alpha value is -1.12. The molecule has 3 heteroatoms. The summed E-state index contributed by atoms with van der Waals surface area (Å²) in [6.07, 6.45) is 1.97. The Kier molecular flexibility index (Phi) is 5.00. The van der Waals surface area contributed by atoms with Gasteiger partial charge in [-0.1, -0.05) is 19.6 Å². The Morgan fingerprint density at radius 2 is 2.17 bits per heavy atom. The summed E-state index contributed by atoms with van der Waals surface area (Å²) in [5.41, 5.74) is 0. The van der Waals surface area contributed by atoms with Crippen molar-refractivity contribution in [2.45, 2.75) is 20.3 Å². The molecule has 0 spiro atoms. The van der Waals surface area contributed by atoms with Crippen molar-refractivity contribution in [2.24, 2.45) is 5.92 Å². The second kappa shape index (κ2) is 5.52. The highest BCUT2D eigenvalue weighted by molar-refractivity contribution is 5.97. The lowest BCUT2D eigenvalue weighted by atomic mass is 10.0. The lowest BCUT2D eigenvalue weighted by Crippen LogP contribution is -2.23. The number of hydrogen-bond acceptors (Lipinski definition) is 3. The Bertz CT molecular complexity index is 184. The van der Waals surface area contributed by atoms with Gasteiger partial charge in [0, 0.05) is 0 Å². The molecule has 0 rings (SSSR count). The monoisotopic (exact) mass is 170 g/mol. The van der Waals surface area contributed by atoms with Crippen molar-refractivity contribution in [3.05, 3.63) is 12.7 Å². The summed E-state index contributed by atoms with van der Waals surface area (Å²) in [5.74, 6) is -1.21. The van der Waals surface area contributed by atoms with E-state index >= 15 is 0 Å². The van der Waals surface area contributed by atoms with Gasteiger partial charge in [0.1, 0.15) is 18.3 Å². The number of esters is 1. The summed E-state index contributed by atoms with van der Waals surface area (Å²) in [4.78, 5) is 21.9. The van der Waals surface area contributed by atoms with Crippen molar-refractivity contribution in [3.63, 3.8) is 0 Å². The molecule has 0 aromatic heterocycles. The number of Topliss-reactive ketones (excluding diaryl/α,β-unsaturated/α-hetero) is 1. The molecule has 12 heavy (non-hydrogen) atoms. The van der Waals surface area contributed by atoms with Crippen molar-refractivity contribution in [2.75, 3.05) is 6.61 Å². The maximum absolute atomic E-state index is 11.1. The highest BCUT2D eigenvalue weighted by Gasteiger charge is 2.21. The predicted molar refractivity (Wildman–Crippen MR) is 45.6 cm³/mol. The second-order valence-corrected chi connectivity index (χ2v) is 2.49. The Morgan fingerprint density at radius 1 is 1.58 bits per heavy atom. The van der Waals surface area contributed by atoms with E-state index in [1.54, 1.807) is 6.92 Å². The quantitative estimate of drug-likeness (QED) is 0.355. The van der Waals surface area contributed by atoms with E-state index in [1.165, 1.54) is 13.0 Å². The van der Waals surface area contributed by atoms with Gasteiger partial charge in [0.2, 0.25) is 0 Å². The molecule has 0 bridgehead atoms. The van der Waals surface area contributed by atoms with Crippen LogP contribution in [0.5, 0.6) is 0 Å². The zero-order valence-electron chi connectivity index (χ0n) is 7.50. The summed E-state index contributed by atoms with van der Waals surface area (Å²) in [5, 5.41) is 0. The maximum Gasteiger partial charge on any atom is 0.316 e. The highest BCUT2D eigenvalue weighted by atomic mass is 16.5. The minimum absolute atomic E-state index is 0.147. The summed E-state index contributed by atoms with van der Waals surface area (Å²) >= 11 is 0. The summed E-state index contributed by atoms with van der Waals surface area (Å²) in [6.45, 7) is 6.74. The maximum atomic E-state index is 11.1. The molecule has 1 atom stereocenters. The first-order valence-electron chi connectivity index (χ1n) is 3.91. The molecule has 0 aromatic rings. The van der Waals surface area contributed by atoms with E-state index < -0.39 is 11.9 Å². The molecule has 0 radical (unpaired) electrons. The minimum atomic E-state index is -0.607. The third-order valence-electron chi connectivity index (χ3n) is 1.53. The number of carbonyl (C=O) groups is 2. The van der Waals surface area contributed by atoms with Crippen LogP contribution in [-0.2, 0) is 14.3 Å². The first-order valence-corrected chi connectivity index (χ1v) is 3.91. The lowest BCUT2D eigenvalue weighted by molar-refractivity contribution is -0.150. The van der Waals surface area contributed by atoms with Crippen molar-refractivity contribution in [1.29, 1.82) is 0 Å². The number of ketones is 1. The van der Waals surface area contributed by atoms with Crippen LogP contribution in [0.2, 0.25) is 0 Å². The van der Waals surface area contributed by atoms with E-state index in [-0.39, 0.29) is 12.4 Å². The van der Waals surface area contributed by atoms with Gasteiger partial charge >= 0.3 is 5.97 Å². The third-order valence-corrected chi connectivity index (χ3v) is 1.53. The van der Waals surface area contributed by atoms with E-state index in [0.717, 1.165) is 0 Å². The molecule has 0 fully saturated rings. The summed E-state index contributed by atoms with van der Waals surface area (Å²) in [7, 11) is 0. The fourth-order valence-corrected chi connectivity index (χ4v) is 0.862. The van der Waals surface area contributed by atoms with Crippen LogP contribution in [-0.4, -0.2) is 18.4 Å². The Labute approximate surface area is 72.4 Å². The Morgan fingerprint density at radius 3 is 2.50 bits per heavy atom. The van der Waals surface area contributed by atoms with Crippen molar-refractivity contribution in [1.82, 2.24) is 0 Å². The van der Waals surface area contributed by atoms with Gasteiger partial charge in [0.15, 0.2) is 0 Å². The van der Waals surface area contributed by atoms with Gasteiger partial charge in [0.25, 0.3) is 0 Å². The van der Waals surface area contributed by atoms with Crippen LogP contribution in [0.3, 0.4) is 0 Å². The summed E-state index contributed by atoms with van der Waals surface area (Å²) < 4.78 is 4.73. The number of rotatable bonds is 5. The van der Waals surface area contributed by atoms with E-state index in [0.29, 0.717) is 6.42 Å². The average molecular weight is 170 g/mol. The SMILES string of the molecule is C=CCOC(=O)C(CC)C(C)=O. The van der Waals surface area contributed by atoms with Crippen LogP contribution in [0.25, 0.3) is 0 Å². The van der Waals surface area contributed by atoms with Crippen LogP contribution in [0.15, 0.2) is 12.7 Å². The van der Waals surface area contributed by atoms with Crippen molar-refractivity contribution < 1.29 is 14.3 Å². The molecule has 3 nitrogen and oxygen atoms in total. The van der Waals surface area contributed by atoms with Crippen molar-refractivity contribution in [3.8, 4) is 0 Å². The molecule has 0 saturated carbocycles. The average Bonchev–Trinajstić information content (AvgIpc) is 2.01. The number of ether oxygens (including phenoxy) is 1. The first kappa shape index (κ1) is 10.9. The van der Waals surface area contributed by atoms with Crippen molar-refractivity contribution >= 4 is 11.8 Å². The predicted octanol–water partition coefficient (Wildman–Crippen LogP) is 1.33. The fourth-order valence-electron chi connectivity index (χ4n) is 0.862. The molecule has 0 aliphatic rings. The van der Waals surface area contributed by atoms with E-state index in [2.05, 4.69) is 6.58 Å². The van der Waals surface area contributed by atoms with Crippen LogP contribution in [0.4, 0.5) is 0 Å². The standard InChI is InChI=1S/C9H14O3/c1-4-6-12-9(11)8(5-2)7(3)10/h4,8H,1,5-6H2,2-3H3. The van der Waals surface area contributed by atoms with Crippen LogP contribution < -0.4 is 0 Å². The largest absolute Gasteiger partial charge is 0.461 e. The topological polar surface area (TPSA) is 43.4 Å². The van der Waals surface area contributed by atoms with Gasteiger partial charge in [-0.2, -0.15) is 0 Å². The molecule has 68 valence electrons.